The second kappa shape index (κ2) is 7.98. The van der Waals surface area contributed by atoms with E-state index < -0.39 is 5.54 Å². The highest BCUT2D eigenvalue weighted by atomic mass is 32.2. The lowest BCUT2D eigenvalue weighted by Gasteiger charge is -2.26. The third kappa shape index (κ3) is 6.94. The van der Waals surface area contributed by atoms with Gasteiger partial charge in [-0.1, -0.05) is 27.2 Å². The Morgan fingerprint density at radius 1 is 1.41 bits per heavy atom. The van der Waals surface area contributed by atoms with Gasteiger partial charge in [0.05, 0.1) is 6.61 Å². The van der Waals surface area contributed by atoms with Gasteiger partial charge < -0.3 is 10.5 Å². The Morgan fingerprint density at radius 3 is 2.47 bits per heavy atom. The fraction of sp³-hybridized carbons (Fsp3) is 0.923. The van der Waals surface area contributed by atoms with Crippen LogP contribution in [0.15, 0.2) is 0 Å². The van der Waals surface area contributed by atoms with Crippen molar-refractivity contribution < 1.29 is 9.53 Å². The van der Waals surface area contributed by atoms with Gasteiger partial charge in [-0.3, -0.25) is 4.79 Å². The first-order chi connectivity index (χ1) is 7.83. The van der Waals surface area contributed by atoms with Crippen molar-refractivity contribution in [3.63, 3.8) is 0 Å². The van der Waals surface area contributed by atoms with Gasteiger partial charge in [-0.05, 0) is 31.9 Å². The van der Waals surface area contributed by atoms with Crippen molar-refractivity contribution in [3.05, 3.63) is 0 Å². The van der Waals surface area contributed by atoms with E-state index in [0.717, 1.165) is 5.75 Å². The molecule has 0 saturated carbocycles. The molecule has 17 heavy (non-hydrogen) atoms. The molecule has 0 aromatic rings. The van der Waals surface area contributed by atoms with Gasteiger partial charge in [0.2, 0.25) is 0 Å². The molecule has 0 rings (SSSR count). The Balaban J connectivity index is 4.08. The first-order valence-corrected chi connectivity index (χ1v) is 7.46. The van der Waals surface area contributed by atoms with Crippen LogP contribution < -0.4 is 5.73 Å². The highest BCUT2D eigenvalue weighted by molar-refractivity contribution is 7.99. The van der Waals surface area contributed by atoms with Gasteiger partial charge in [0.25, 0.3) is 0 Å². The fourth-order valence-electron chi connectivity index (χ4n) is 1.48. The van der Waals surface area contributed by atoms with Crippen LogP contribution in [0.5, 0.6) is 0 Å². The van der Waals surface area contributed by atoms with Crippen molar-refractivity contribution in [1.29, 1.82) is 0 Å². The van der Waals surface area contributed by atoms with Crippen molar-refractivity contribution in [3.8, 4) is 0 Å². The van der Waals surface area contributed by atoms with E-state index in [4.69, 9.17) is 10.5 Å². The Bertz CT molecular complexity index is 231. The third-order valence-corrected chi connectivity index (χ3v) is 4.31. The third-order valence-electron chi connectivity index (χ3n) is 2.82. The minimum atomic E-state index is -0.863. The van der Waals surface area contributed by atoms with E-state index in [1.807, 2.05) is 11.8 Å². The Labute approximate surface area is 110 Å². The Morgan fingerprint density at radius 2 is 2.00 bits per heavy atom. The molecule has 3 nitrogen and oxygen atoms in total. The number of nitrogens with two attached hydrogens (primary N) is 1. The lowest BCUT2D eigenvalue weighted by Crippen LogP contribution is -2.47. The number of carbonyl (C=O) groups is 1. The van der Waals surface area contributed by atoms with Crippen LogP contribution in [-0.4, -0.2) is 29.1 Å². The Kier molecular flexibility index (Phi) is 7.88. The molecule has 0 aliphatic heterocycles. The van der Waals surface area contributed by atoms with E-state index >= 15 is 0 Å². The molecule has 0 saturated heterocycles. The SMILES string of the molecule is CCOC(=O)C(C)(N)CC(C)SCC(C)CC. The number of hydrogen-bond donors (Lipinski definition) is 1. The average Bonchev–Trinajstić information content (AvgIpc) is 2.25. The minimum Gasteiger partial charge on any atom is -0.465 e. The molecule has 2 N–H and O–H groups in total. The zero-order valence-corrected chi connectivity index (χ0v) is 12.6. The van der Waals surface area contributed by atoms with Gasteiger partial charge in [0, 0.05) is 5.25 Å². The van der Waals surface area contributed by atoms with E-state index in [1.54, 1.807) is 13.8 Å². The number of carbonyl (C=O) groups excluding carboxylic acids is 1. The van der Waals surface area contributed by atoms with Crippen LogP contribution in [-0.2, 0) is 9.53 Å². The molecule has 0 radical (unpaired) electrons. The maximum Gasteiger partial charge on any atom is 0.325 e. The maximum atomic E-state index is 11.6. The molecule has 102 valence electrons. The summed E-state index contributed by atoms with van der Waals surface area (Å²) in [5.74, 6) is 1.54. The molecule has 0 spiro atoms. The molecule has 0 aromatic heterocycles. The molecular formula is C13H27NO2S. The summed E-state index contributed by atoms with van der Waals surface area (Å²) in [6.07, 6.45) is 1.85. The van der Waals surface area contributed by atoms with Gasteiger partial charge in [-0.25, -0.2) is 0 Å². The minimum absolute atomic E-state index is 0.295. The highest BCUT2D eigenvalue weighted by Crippen LogP contribution is 2.24. The van der Waals surface area contributed by atoms with Gasteiger partial charge in [0.15, 0.2) is 0 Å². The zero-order chi connectivity index (χ0) is 13.5. The second-order valence-corrected chi connectivity index (χ2v) is 6.47. The summed E-state index contributed by atoms with van der Waals surface area (Å²) in [6.45, 7) is 10.5. The lowest BCUT2D eigenvalue weighted by atomic mass is 9.98. The fourth-order valence-corrected chi connectivity index (χ4v) is 2.84. The van der Waals surface area contributed by atoms with Gasteiger partial charge >= 0.3 is 5.97 Å². The topological polar surface area (TPSA) is 52.3 Å². The largest absolute Gasteiger partial charge is 0.465 e. The first kappa shape index (κ1) is 16.8. The van der Waals surface area contributed by atoms with E-state index in [1.165, 1.54) is 6.42 Å². The summed E-state index contributed by atoms with van der Waals surface area (Å²) in [6, 6.07) is 0. The molecule has 0 fully saturated rings. The standard InChI is InChI=1S/C13H27NO2S/c1-6-10(3)9-17-11(4)8-13(5,14)12(15)16-7-2/h10-11H,6-9,14H2,1-5H3. The van der Waals surface area contributed by atoms with Crippen LogP contribution in [0, 0.1) is 5.92 Å². The van der Waals surface area contributed by atoms with E-state index in [2.05, 4.69) is 20.8 Å². The van der Waals surface area contributed by atoms with Crippen LogP contribution in [0.1, 0.15) is 47.5 Å². The summed E-state index contributed by atoms with van der Waals surface area (Å²) in [4.78, 5) is 11.6. The molecule has 3 unspecified atom stereocenters. The summed E-state index contributed by atoms with van der Waals surface area (Å²) in [5.41, 5.74) is 5.14. The normalized spacial score (nSPS) is 18.2. The number of rotatable bonds is 8. The lowest BCUT2D eigenvalue weighted by molar-refractivity contribution is -0.149. The zero-order valence-electron chi connectivity index (χ0n) is 11.8. The van der Waals surface area contributed by atoms with E-state index in [9.17, 15) is 4.79 Å². The molecule has 0 aromatic carbocycles. The summed E-state index contributed by atoms with van der Waals surface area (Å²) < 4.78 is 4.98. The molecule has 3 atom stereocenters. The van der Waals surface area contributed by atoms with E-state index in [-0.39, 0.29) is 5.97 Å². The monoisotopic (exact) mass is 261 g/mol. The van der Waals surface area contributed by atoms with Crippen LogP contribution in [0.25, 0.3) is 0 Å². The molecule has 0 aliphatic carbocycles. The smallest absolute Gasteiger partial charge is 0.325 e. The number of esters is 1. The summed E-state index contributed by atoms with van der Waals surface area (Å²) in [5, 5.41) is 0.378. The van der Waals surface area contributed by atoms with Crippen LogP contribution in [0.3, 0.4) is 0 Å². The Hall–Kier alpha value is -0.220. The quantitative estimate of drug-likeness (QED) is 0.683. The predicted octanol–water partition coefficient (Wildman–Crippen LogP) is 2.82. The second-order valence-electron chi connectivity index (χ2n) is 5.00. The molecule has 4 heteroatoms. The average molecular weight is 261 g/mol. The predicted molar refractivity (Wildman–Crippen MR) is 75.2 cm³/mol. The molecule has 0 heterocycles. The van der Waals surface area contributed by atoms with Crippen LogP contribution in [0.4, 0.5) is 0 Å². The molecular weight excluding hydrogens is 234 g/mol. The maximum absolute atomic E-state index is 11.6. The van der Waals surface area contributed by atoms with Gasteiger partial charge in [-0.15, -0.1) is 0 Å². The molecule has 0 amide bonds. The van der Waals surface area contributed by atoms with Crippen molar-refractivity contribution in [2.45, 2.75) is 58.2 Å². The van der Waals surface area contributed by atoms with Crippen molar-refractivity contribution >= 4 is 17.7 Å². The van der Waals surface area contributed by atoms with Crippen molar-refractivity contribution in [2.24, 2.45) is 11.7 Å². The van der Waals surface area contributed by atoms with Crippen LogP contribution in [0.2, 0.25) is 0 Å². The van der Waals surface area contributed by atoms with E-state index in [0.29, 0.717) is 24.2 Å². The number of ether oxygens (including phenoxy) is 1. The number of thioether (sulfide) groups is 1. The van der Waals surface area contributed by atoms with Gasteiger partial charge in [0.1, 0.15) is 5.54 Å². The summed E-state index contributed by atoms with van der Waals surface area (Å²) >= 11 is 1.88. The summed E-state index contributed by atoms with van der Waals surface area (Å²) in [7, 11) is 0. The van der Waals surface area contributed by atoms with Crippen molar-refractivity contribution in [1.82, 2.24) is 0 Å². The highest BCUT2D eigenvalue weighted by Gasteiger charge is 2.31. The van der Waals surface area contributed by atoms with Crippen LogP contribution >= 0.6 is 11.8 Å². The first-order valence-electron chi connectivity index (χ1n) is 6.41. The van der Waals surface area contributed by atoms with Gasteiger partial charge in [-0.2, -0.15) is 11.8 Å². The number of hydrogen-bond acceptors (Lipinski definition) is 4. The molecule has 0 aliphatic rings. The molecule has 0 bridgehead atoms. The van der Waals surface area contributed by atoms with Crippen molar-refractivity contribution in [2.75, 3.05) is 12.4 Å².